The third kappa shape index (κ3) is 2.23. The van der Waals surface area contributed by atoms with Gasteiger partial charge in [-0.3, -0.25) is 4.79 Å². The molecule has 1 aromatic carbocycles. The zero-order valence-electron chi connectivity index (χ0n) is 7.90. The van der Waals surface area contributed by atoms with E-state index in [1.807, 2.05) is 6.07 Å². The van der Waals surface area contributed by atoms with Crippen molar-refractivity contribution in [2.24, 2.45) is 0 Å². The Bertz CT molecular complexity index is 393. The van der Waals surface area contributed by atoms with Gasteiger partial charge in [0.1, 0.15) is 0 Å². The van der Waals surface area contributed by atoms with Crippen LogP contribution in [0.1, 0.15) is 12.5 Å². The monoisotopic (exact) mass is 191 g/mol. The maximum absolute atomic E-state index is 10.7. The molecule has 0 radical (unpaired) electrons. The Morgan fingerprint density at radius 1 is 1.43 bits per heavy atom. The first-order valence-corrected chi connectivity index (χ1v) is 3.94. The van der Waals surface area contributed by atoms with Crippen molar-refractivity contribution in [1.82, 2.24) is 0 Å². The number of esters is 1. The van der Waals surface area contributed by atoms with E-state index in [-0.39, 0.29) is 5.75 Å². The lowest BCUT2D eigenvalue weighted by atomic mass is 10.2. The number of hydrogen-bond acceptors (Lipinski definition) is 4. The van der Waals surface area contributed by atoms with Crippen molar-refractivity contribution in [3.8, 4) is 17.6 Å². The van der Waals surface area contributed by atoms with Crippen LogP contribution in [-0.4, -0.2) is 13.1 Å². The molecule has 1 rings (SSSR count). The first-order chi connectivity index (χ1) is 6.67. The predicted molar refractivity (Wildman–Crippen MR) is 49.0 cm³/mol. The van der Waals surface area contributed by atoms with Gasteiger partial charge in [-0.05, 0) is 12.1 Å². The van der Waals surface area contributed by atoms with Crippen LogP contribution in [0.5, 0.6) is 11.5 Å². The SMILES string of the molecule is COc1ccc(C#N)cc1OC(C)=O. The Hall–Kier alpha value is -2.02. The largest absolute Gasteiger partial charge is 0.493 e. The van der Waals surface area contributed by atoms with Crippen LogP contribution < -0.4 is 9.47 Å². The molecule has 14 heavy (non-hydrogen) atoms. The molecule has 4 heteroatoms. The van der Waals surface area contributed by atoms with Gasteiger partial charge in [-0.15, -0.1) is 0 Å². The zero-order chi connectivity index (χ0) is 10.6. The summed E-state index contributed by atoms with van der Waals surface area (Å²) >= 11 is 0. The molecule has 72 valence electrons. The zero-order valence-corrected chi connectivity index (χ0v) is 7.90. The van der Waals surface area contributed by atoms with Crippen LogP contribution in [0.15, 0.2) is 18.2 Å². The molecular formula is C10H9NO3. The average Bonchev–Trinajstić information content (AvgIpc) is 2.16. The van der Waals surface area contributed by atoms with Crippen molar-refractivity contribution < 1.29 is 14.3 Å². The standard InChI is InChI=1S/C10H9NO3/c1-7(12)14-10-5-8(6-11)3-4-9(10)13-2/h3-5H,1-2H3. The second kappa shape index (κ2) is 4.28. The van der Waals surface area contributed by atoms with Crippen LogP contribution in [0.2, 0.25) is 0 Å². The molecule has 0 atom stereocenters. The van der Waals surface area contributed by atoms with E-state index in [9.17, 15) is 4.79 Å². The van der Waals surface area contributed by atoms with Crippen LogP contribution in [0, 0.1) is 11.3 Å². The second-order valence-corrected chi connectivity index (χ2v) is 2.57. The van der Waals surface area contributed by atoms with Gasteiger partial charge in [0, 0.05) is 13.0 Å². The molecule has 0 spiro atoms. The molecule has 4 nitrogen and oxygen atoms in total. The van der Waals surface area contributed by atoms with E-state index in [1.165, 1.54) is 20.1 Å². The Labute approximate surface area is 81.7 Å². The van der Waals surface area contributed by atoms with Crippen LogP contribution in [0.4, 0.5) is 0 Å². The Kier molecular flexibility index (Phi) is 3.08. The fourth-order valence-corrected chi connectivity index (χ4v) is 0.981. The number of carbonyl (C=O) groups excluding carboxylic acids is 1. The summed E-state index contributed by atoms with van der Waals surface area (Å²) in [5.74, 6) is 0.247. The first kappa shape index (κ1) is 10.1. The highest BCUT2D eigenvalue weighted by Crippen LogP contribution is 2.27. The highest BCUT2D eigenvalue weighted by atomic mass is 16.6. The maximum atomic E-state index is 10.7. The van der Waals surface area contributed by atoms with Crippen molar-refractivity contribution in [2.75, 3.05) is 7.11 Å². The number of nitrogens with zero attached hydrogens (tertiary/aromatic N) is 1. The second-order valence-electron chi connectivity index (χ2n) is 2.57. The van der Waals surface area contributed by atoms with Gasteiger partial charge in [-0.2, -0.15) is 5.26 Å². The van der Waals surface area contributed by atoms with E-state index in [4.69, 9.17) is 14.7 Å². The molecule has 0 amide bonds. The molecule has 0 saturated carbocycles. The van der Waals surface area contributed by atoms with E-state index in [1.54, 1.807) is 12.1 Å². The molecule has 0 N–H and O–H groups in total. The van der Waals surface area contributed by atoms with Gasteiger partial charge in [0.2, 0.25) is 0 Å². The molecule has 0 heterocycles. The maximum Gasteiger partial charge on any atom is 0.308 e. The summed E-state index contributed by atoms with van der Waals surface area (Å²) in [4.78, 5) is 10.7. The van der Waals surface area contributed by atoms with Crippen LogP contribution in [0.3, 0.4) is 0 Å². The van der Waals surface area contributed by atoms with Gasteiger partial charge in [-0.1, -0.05) is 0 Å². The number of carbonyl (C=O) groups is 1. The third-order valence-electron chi connectivity index (χ3n) is 1.55. The van der Waals surface area contributed by atoms with E-state index < -0.39 is 5.97 Å². The molecule has 0 aliphatic rings. The molecule has 0 unspecified atom stereocenters. The number of ether oxygens (including phenoxy) is 2. The van der Waals surface area contributed by atoms with Crippen molar-refractivity contribution in [2.45, 2.75) is 6.92 Å². The summed E-state index contributed by atoms with van der Waals surface area (Å²) in [6, 6.07) is 6.57. The molecule has 1 aromatic rings. The van der Waals surface area contributed by atoms with Gasteiger partial charge in [0.25, 0.3) is 0 Å². The normalized spacial score (nSPS) is 8.93. The van der Waals surface area contributed by atoms with E-state index in [0.29, 0.717) is 11.3 Å². The fourth-order valence-electron chi connectivity index (χ4n) is 0.981. The summed E-state index contributed by atoms with van der Waals surface area (Å²) in [6.07, 6.45) is 0. The van der Waals surface area contributed by atoms with E-state index in [0.717, 1.165) is 0 Å². The fraction of sp³-hybridized carbons (Fsp3) is 0.200. The summed E-state index contributed by atoms with van der Waals surface area (Å²) in [5, 5.41) is 8.63. The van der Waals surface area contributed by atoms with E-state index >= 15 is 0 Å². The Balaban J connectivity index is 3.09. The third-order valence-corrected chi connectivity index (χ3v) is 1.55. The quantitative estimate of drug-likeness (QED) is 0.525. The van der Waals surface area contributed by atoms with Crippen LogP contribution >= 0.6 is 0 Å². The van der Waals surface area contributed by atoms with Crippen molar-refractivity contribution in [1.29, 1.82) is 5.26 Å². The molecule has 0 aromatic heterocycles. The number of hydrogen-bond donors (Lipinski definition) is 0. The highest BCUT2D eigenvalue weighted by molar-refractivity contribution is 5.70. The Morgan fingerprint density at radius 2 is 2.14 bits per heavy atom. The van der Waals surface area contributed by atoms with Gasteiger partial charge in [0.05, 0.1) is 18.7 Å². The Morgan fingerprint density at radius 3 is 2.64 bits per heavy atom. The van der Waals surface area contributed by atoms with Crippen molar-refractivity contribution in [3.63, 3.8) is 0 Å². The number of methoxy groups -OCH3 is 1. The van der Waals surface area contributed by atoms with Crippen LogP contribution in [0.25, 0.3) is 0 Å². The number of benzene rings is 1. The van der Waals surface area contributed by atoms with Crippen LogP contribution in [-0.2, 0) is 4.79 Å². The first-order valence-electron chi connectivity index (χ1n) is 3.94. The number of nitriles is 1. The minimum atomic E-state index is -0.446. The molecular weight excluding hydrogens is 182 g/mol. The minimum absolute atomic E-state index is 0.263. The predicted octanol–water partition coefficient (Wildman–Crippen LogP) is 1.49. The van der Waals surface area contributed by atoms with Gasteiger partial charge >= 0.3 is 5.97 Å². The van der Waals surface area contributed by atoms with Crippen molar-refractivity contribution >= 4 is 5.97 Å². The van der Waals surface area contributed by atoms with Gasteiger partial charge in [-0.25, -0.2) is 0 Å². The lowest BCUT2D eigenvalue weighted by Crippen LogP contribution is -2.03. The summed E-state index contributed by atoms with van der Waals surface area (Å²) in [7, 11) is 1.47. The minimum Gasteiger partial charge on any atom is -0.493 e. The summed E-state index contributed by atoms with van der Waals surface area (Å²) < 4.78 is 9.82. The van der Waals surface area contributed by atoms with E-state index in [2.05, 4.69) is 0 Å². The molecule has 0 saturated heterocycles. The molecule has 0 aliphatic carbocycles. The summed E-state index contributed by atoms with van der Waals surface area (Å²) in [6.45, 7) is 1.29. The van der Waals surface area contributed by atoms with Gasteiger partial charge in [0.15, 0.2) is 11.5 Å². The molecule has 0 aliphatic heterocycles. The lowest BCUT2D eigenvalue weighted by molar-refractivity contribution is -0.132. The van der Waals surface area contributed by atoms with Gasteiger partial charge < -0.3 is 9.47 Å². The summed E-state index contributed by atoms with van der Waals surface area (Å²) in [5.41, 5.74) is 0.419. The molecule has 0 fully saturated rings. The molecule has 0 bridgehead atoms. The van der Waals surface area contributed by atoms with Crippen molar-refractivity contribution in [3.05, 3.63) is 23.8 Å². The average molecular weight is 191 g/mol. The smallest absolute Gasteiger partial charge is 0.308 e. The lowest BCUT2D eigenvalue weighted by Gasteiger charge is -2.07. The number of rotatable bonds is 2. The topological polar surface area (TPSA) is 59.3 Å². The highest BCUT2D eigenvalue weighted by Gasteiger charge is 2.07.